The zero-order chi connectivity index (χ0) is 14.7. The van der Waals surface area contributed by atoms with E-state index in [0.29, 0.717) is 17.2 Å². The maximum Gasteiger partial charge on any atom is 0.321 e. The topological polar surface area (TPSA) is 82.2 Å². The minimum absolute atomic E-state index is 0.0228. The lowest BCUT2D eigenvalue weighted by molar-refractivity contribution is 0.182. The monoisotopic (exact) mass is 274 g/mol. The van der Waals surface area contributed by atoms with E-state index in [1.165, 1.54) is 6.42 Å². The number of anilines is 1. The van der Waals surface area contributed by atoms with E-state index in [0.717, 1.165) is 25.1 Å². The number of nitrogens with one attached hydrogen (secondary N) is 2. The molecule has 0 spiro atoms. The Hall–Kier alpha value is -2.04. The van der Waals surface area contributed by atoms with Crippen LogP contribution in [0.25, 0.3) is 0 Å². The molecule has 0 saturated carbocycles. The molecule has 1 unspecified atom stereocenters. The molecule has 1 fully saturated rings. The maximum atomic E-state index is 12.3. The molecule has 1 aliphatic heterocycles. The minimum atomic E-state index is -0.107. The van der Waals surface area contributed by atoms with Crippen LogP contribution in [0.2, 0.25) is 0 Å². The van der Waals surface area contributed by atoms with Gasteiger partial charge in [-0.1, -0.05) is 19.1 Å². The van der Waals surface area contributed by atoms with Crippen molar-refractivity contribution in [1.82, 2.24) is 4.90 Å². The number of urea groups is 1. The number of hydrogen-bond donors (Lipinski definition) is 3. The molecule has 1 aromatic rings. The molecule has 1 aromatic carbocycles. The lowest BCUT2D eigenvalue weighted by Crippen LogP contribution is -2.41. The first-order valence-corrected chi connectivity index (χ1v) is 6.99. The van der Waals surface area contributed by atoms with E-state index in [-0.39, 0.29) is 11.9 Å². The van der Waals surface area contributed by atoms with Crippen LogP contribution in [0.15, 0.2) is 18.2 Å². The van der Waals surface area contributed by atoms with Gasteiger partial charge in [-0.15, -0.1) is 0 Å². The van der Waals surface area contributed by atoms with Crippen LogP contribution in [0.3, 0.4) is 0 Å². The summed E-state index contributed by atoms with van der Waals surface area (Å²) in [4.78, 5) is 14.1. The summed E-state index contributed by atoms with van der Waals surface area (Å²) in [5, 5.41) is 10.5. The van der Waals surface area contributed by atoms with Gasteiger partial charge in [0.15, 0.2) is 0 Å². The van der Waals surface area contributed by atoms with Crippen LogP contribution in [0.4, 0.5) is 10.5 Å². The van der Waals surface area contributed by atoms with Crippen molar-refractivity contribution in [2.45, 2.75) is 26.7 Å². The van der Waals surface area contributed by atoms with E-state index in [4.69, 9.17) is 11.1 Å². The Morgan fingerprint density at radius 1 is 1.50 bits per heavy atom. The second-order valence-corrected chi connectivity index (χ2v) is 5.53. The third-order valence-electron chi connectivity index (χ3n) is 3.73. The van der Waals surface area contributed by atoms with Gasteiger partial charge in [-0.25, -0.2) is 4.79 Å². The molecule has 1 aliphatic rings. The number of likely N-dealkylation sites (tertiary alicyclic amines) is 1. The molecular weight excluding hydrogens is 252 g/mol. The largest absolute Gasteiger partial charge is 0.384 e. The van der Waals surface area contributed by atoms with Crippen LogP contribution >= 0.6 is 0 Å². The highest BCUT2D eigenvalue weighted by Crippen LogP contribution is 2.21. The fourth-order valence-electron chi connectivity index (χ4n) is 2.70. The smallest absolute Gasteiger partial charge is 0.321 e. The number of benzene rings is 1. The van der Waals surface area contributed by atoms with Gasteiger partial charge in [0, 0.05) is 18.7 Å². The summed E-state index contributed by atoms with van der Waals surface area (Å²) in [6.45, 7) is 5.62. The fraction of sp³-hybridized carbons (Fsp3) is 0.467. The van der Waals surface area contributed by atoms with E-state index in [9.17, 15) is 4.79 Å². The highest BCUT2D eigenvalue weighted by atomic mass is 16.2. The quantitative estimate of drug-likeness (QED) is 0.572. The number of aryl methyl sites for hydroxylation is 1. The van der Waals surface area contributed by atoms with Crippen molar-refractivity contribution in [3.8, 4) is 0 Å². The lowest BCUT2D eigenvalue weighted by atomic mass is 10.0. The standard InChI is InChI=1S/C15H22N4O/c1-10-5-4-8-19(9-10)15(20)18-12-7-3-6-11(2)13(12)14(16)17/h3,6-7,10H,4-5,8-9H2,1-2H3,(H3,16,17)(H,18,20). The number of nitrogens with zero attached hydrogens (tertiary/aromatic N) is 1. The van der Waals surface area contributed by atoms with Crippen LogP contribution in [0, 0.1) is 18.3 Å². The van der Waals surface area contributed by atoms with Crippen molar-refractivity contribution in [3.63, 3.8) is 0 Å². The molecule has 0 radical (unpaired) electrons. The Balaban J connectivity index is 2.15. The highest BCUT2D eigenvalue weighted by molar-refractivity contribution is 6.05. The van der Waals surface area contributed by atoms with Crippen LogP contribution in [0.5, 0.6) is 0 Å². The summed E-state index contributed by atoms with van der Waals surface area (Å²) in [6.07, 6.45) is 2.22. The van der Waals surface area contributed by atoms with Gasteiger partial charge in [-0.05, 0) is 37.3 Å². The first kappa shape index (κ1) is 14.4. The van der Waals surface area contributed by atoms with Gasteiger partial charge in [-0.2, -0.15) is 0 Å². The Kier molecular flexibility index (Phi) is 4.27. The van der Waals surface area contributed by atoms with Crippen molar-refractivity contribution in [2.24, 2.45) is 11.7 Å². The molecule has 2 amide bonds. The van der Waals surface area contributed by atoms with Crippen molar-refractivity contribution in [2.75, 3.05) is 18.4 Å². The highest BCUT2D eigenvalue weighted by Gasteiger charge is 2.22. The normalized spacial score (nSPS) is 18.7. The molecule has 1 heterocycles. The second kappa shape index (κ2) is 5.94. The average molecular weight is 274 g/mol. The predicted octanol–water partition coefficient (Wildman–Crippen LogP) is 2.54. The molecule has 2 rings (SSSR count). The number of rotatable bonds is 2. The van der Waals surface area contributed by atoms with E-state index in [1.807, 2.05) is 24.0 Å². The maximum absolute atomic E-state index is 12.3. The van der Waals surface area contributed by atoms with Gasteiger partial charge in [0.05, 0.1) is 5.69 Å². The number of carbonyl (C=O) groups is 1. The summed E-state index contributed by atoms with van der Waals surface area (Å²) in [7, 11) is 0. The van der Waals surface area contributed by atoms with Crippen LogP contribution < -0.4 is 11.1 Å². The van der Waals surface area contributed by atoms with Gasteiger partial charge >= 0.3 is 6.03 Å². The molecule has 0 aliphatic carbocycles. The molecule has 0 aromatic heterocycles. The fourth-order valence-corrected chi connectivity index (χ4v) is 2.70. The molecule has 0 bridgehead atoms. The zero-order valence-corrected chi connectivity index (χ0v) is 12.1. The Morgan fingerprint density at radius 3 is 2.90 bits per heavy atom. The van der Waals surface area contributed by atoms with E-state index in [2.05, 4.69) is 12.2 Å². The molecule has 1 saturated heterocycles. The van der Waals surface area contributed by atoms with Gasteiger partial charge in [0.1, 0.15) is 5.84 Å². The molecule has 4 N–H and O–H groups in total. The summed E-state index contributed by atoms with van der Waals surface area (Å²) < 4.78 is 0. The van der Waals surface area contributed by atoms with Gasteiger partial charge < -0.3 is 16.0 Å². The number of amides is 2. The molecule has 20 heavy (non-hydrogen) atoms. The predicted molar refractivity (Wildman–Crippen MR) is 81.2 cm³/mol. The first-order valence-electron chi connectivity index (χ1n) is 6.99. The summed E-state index contributed by atoms with van der Waals surface area (Å²) >= 11 is 0. The third kappa shape index (κ3) is 3.10. The van der Waals surface area contributed by atoms with Crippen molar-refractivity contribution in [3.05, 3.63) is 29.3 Å². The summed E-state index contributed by atoms with van der Waals surface area (Å²) in [6, 6.07) is 5.42. The van der Waals surface area contributed by atoms with Crippen molar-refractivity contribution < 1.29 is 4.79 Å². The number of amidine groups is 1. The van der Waals surface area contributed by atoms with Crippen LogP contribution in [0.1, 0.15) is 30.9 Å². The minimum Gasteiger partial charge on any atom is -0.384 e. The van der Waals surface area contributed by atoms with Gasteiger partial charge in [0.2, 0.25) is 0 Å². The molecular formula is C15H22N4O. The molecule has 1 atom stereocenters. The average Bonchev–Trinajstić information content (AvgIpc) is 2.38. The van der Waals surface area contributed by atoms with E-state index >= 15 is 0 Å². The van der Waals surface area contributed by atoms with Gasteiger partial charge in [-0.3, -0.25) is 5.41 Å². The summed E-state index contributed by atoms with van der Waals surface area (Å²) in [5.41, 5.74) is 7.72. The Morgan fingerprint density at radius 2 is 2.25 bits per heavy atom. The number of nitrogen functional groups attached to an aromatic ring is 1. The third-order valence-corrected chi connectivity index (χ3v) is 3.73. The van der Waals surface area contributed by atoms with Crippen molar-refractivity contribution in [1.29, 1.82) is 5.41 Å². The molecule has 108 valence electrons. The number of hydrogen-bond acceptors (Lipinski definition) is 2. The summed E-state index contributed by atoms with van der Waals surface area (Å²) in [5.74, 6) is 0.518. The van der Waals surface area contributed by atoms with Gasteiger partial charge in [0.25, 0.3) is 0 Å². The Labute approximate surface area is 119 Å². The van der Waals surface area contributed by atoms with Crippen LogP contribution in [-0.4, -0.2) is 29.9 Å². The van der Waals surface area contributed by atoms with Crippen LogP contribution in [-0.2, 0) is 0 Å². The molecule has 5 heteroatoms. The van der Waals surface area contributed by atoms with Crippen molar-refractivity contribution >= 4 is 17.6 Å². The lowest BCUT2D eigenvalue weighted by Gasteiger charge is -2.31. The zero-order valence-electron chi connectivity index (χ0n) is 12.1. The first-order chi connectivity index (χ1) is 9.49. The SMILES string of the molecule is Cc1cccc(NC(=O)N2CCCC(C)C2)c1C(=N)N. The Bertz CT molecular complexity index is 527. The number of nitrogens with two attached hydrogens (primary N) is 1. The molecule has 5 nitrogen and oxygen atoms in total. The van der Waals surface area contributed by atoms with E-state index in [1.54, 1.807) is 6.07 Å². The van der Waals surface area contributed by atoms with E-state index < -0.39 is 0 Å². The number of carbonyl (C=O) groups excluding carboxylic acids is 1. The second-order valence-electron chi connectivity index (χ2n) is 5.53. The number of piperidine rings is 1.